The molecule has 0 saturated carbocycles. The summed E-state index contributed by atoms with van der Waals surface area (Å²) in [5, 5.41) is 1.92. The van der Waals surface area contributed by atoms with Gasteiger partial charge in [-0.15, -0.1) is 11.3 Å². The lowest BCUT2D eigenvalue weighted by atomic mass is 9.89. The maximum atomic E-state index is 11.7. The molecule has 0 saturated heterocycles. The predicted octanol–water partition coefficient (Wildman–Crippen LogP) is 5.02. The van der Waals surface area contributed by atoms with Crippen LogP contribution in [0.4, 0.5) is 0 Å². The van der Waals surface area contributed by atoms with Crippen LogP contribution in [0.25, 0.3) is 21.2 Å². The number of ether oxygens (including phenoxy) is 1. The number of fused-ring (bicyclic) bond motifs is 4. The van der Waals surface area contributed by atoms with Gasteiger partial charge in [0, 0.05) is 22.4 Å². The smallest absolute Gasteiger partial charge is 0.336 e. The highest BCUT2D eigenvalue weighted by Gasteiger charge is 2.24. The van der Waals surface area contributed by atoms with Crippen molar-refractivity contribution in [2.45, 2.75) is 33.1 Å². The summed E-state index contributed by atoms with van der Waals surface area (Å²) >= 11 is 1.74. The molecule has 0 spiro atoms. The molecule has 6 heteroatoms. The van der Waals surface area contributed by atoms with Crippen LogP contribution in [0.3, 0.4) is 0 Å². The highest BCUT2D eigenvalue weighted by atomic mass is 32.1. The lowest BCUT2D eigenvalue weighted by Crippen LogP contribution is -2.08. The van der Waals surface area contributed by atoms with Crippen LogP contribution >= 0.6 is 11.3 Å². The molecular weight excluding hydrogens is 360 g/mol. The van der Waals surface area contributed by atoms with Gasteiger partial charge in [-0.1, -0.05) is 6.92 Å². The first kappa shape index (κ1) is 16.4. The Bertz CT molecular complexity index is 1240. The molecular formula is C21H18N2O3S. The zero-order chi connectivity index (χ0) is 18.5. The topological polar surface area (TPSA) is 65.2 Å². The summed E-state index contributed by atoms with van der Waals surface area (Å²) in [6.07, 6.45) is 4.85. The van der Waals surface area contributed by atoms with Crippen molar-refractivity contribution in [3.63, 3.8) is 0 Å². The Morgan fingerprint density at radius 1 is 1.26 bits per heavy atom. The number of nitrogens with zero attached hydrogens (tertiary/aromatic N) is 2. The molecule has 5 rings (SSSR count). The summed E-state index contributed by atoms with van der Waals surface area (Å²) in [7, 11) is 0. The van der Waals surface area contributed by atoms with E-state index in [1.165, 1.54) is 22.9 Å². The van der Waals surface area contributed by atoms with E-state index in [4.69, 9.17) is 9.15 Å². The third-order valence-corrected chi connectivity index (χ3v) is 6.36. The molecule has 3 aromatic heterocycles. The Morgan fingerprint density at radius 3 is 3.04 bits per heavy atom. The van der Waals surface area contributed by atoms with Crippen molar-refractivity contribution in [2.24, 2.45) is 5.92 Å². The van der Waals surface area contributed by atoms with Crippen LogP contribution in [0, 0.1) is 12.8 Å². The summed E-state index contributed by atoms with van der Waals surface area (Å²) < 4.78 is 11.5. The summed E-state index contributed by atoms with van der Waals surface area (Å²) in [5.41, 5.74) is 2.37. The number of hydrogen-bond donors (Lipinski definition) is 0. The van der Waals surface area contributed by atoms with Gasteiger partial charge in [-0.05, 0) is 55.4 Å². The Labute approximate surface area is 159 Å². The zero-order valence-electron chi connectivity index (χ0n) is 15.1. The van der Waals surface area contributed by atoms with Crippen molar-refractivity contribution >= 4 is 32.5 Å². The molecule has 27 heavy (non-hydrogen) atoms. The highest BCUT2D eigenvalue weighted by Crippen LogP contribution is 2.41. The Kier molecular flexibility index (Phi) is 3.75. The summed E-state index contributed by atoms with van der Waals surface area (Å²) in [6.45, 7) is 4.19. The first-order valence-corrected chi connectivity index (χ1v) is 9.88. The van der Waals surface area contributed by atoms with E-state index in [-0.39, 0.29) is 5.63 Å². The maximum absolute atomic E-state index is 11.7. The van der Waals surface area contributed by atoms with E-state index in [9.17, 15) is 4.79 Å². The SMILES string of the molecule is Cc1cc(=O)oc2cc(Oc3ncnc4sc5c(c34)CC[C@H](C)C5)ccc12. The van der Waals surface area contributed by atoms with Crippen molar-refractivity contribution in [3.05, 3.63) is 57.0 Å². The minimum atomic E-state index is -0.359. The van der Waals surface area contributed by atoms with Crippen molar-refractivity contribution < 1.29 is 9.15 Å². The molecule has 1 aliphatic carbocycles. The van der Waals surface area contributed by atoms with Gasteiger partial charge in [-0.2, -0.15) is 0 Å². The molecule has 3 heterocycles. The normalized spacial score (nSPS) is 16.6. The maximum Gasteiger partial charge on any atom is 0.336 e. The molecule has 5 nitrogen and oxygen atoms in total. The van der Waals surface area contributed by atoms with Crippen LogP contribution in [-0.2, 0) is 12.8 Å². The number of aryl methyl sites for hydroxylation is 2. The third-order valence-electron chi connectivity index (χ3n) is 5.19. The van der Waals surface area contributed by atoms with Crippen LogP contribution < -0.4 is 10.4 Å². The lowest BCUT2D eigenvalue weighted by Gasteiger charge is -2.18. The second kappa shape index (κ2) is 6.16. The molecule has 1 aromatic carbocycles. The largest absolute Gasteiger partial charge is 0.438 e. The molecule has 136 valence electrons. The third kappa shape index (κ3) is 2.80. The van der Waals surface area contributed by atoms with Gasteiger partial charge in [0.2, 0.25) is 5.88 Å². The van der Waals surface area contributed by atoms with E-state index >= 15 is 0 Å². The van der Waals surface area contributed by atoms with Gasteiger partial charge >= 0.3 is 5.63 Å². The molecule has 0 bridgehead atoms. The van der Waals surface area contributed by atoms with Crippen molar-refractivity contribution in [2.75, 3.05) is 0 Å². The zero-order valence-corrected chi connectivity index (χ0v) is 15.9. The second-order valence-corrected chi connectivity index (χ2v) is 8.30. The Hall–Kier alpha value is -2.73. The molecule has 0 N–H and O–H groups in total. The van der Waals surface area contributed by atoms with Gasteiger partial charge in [0.15, 0.2) is 0 Å². The number of rotatable bonds is 2. The van der Waals surface area contributed by atoms with E-state index in [1.54, 1.807) is 23.7 Å². The Balaban J connectivity index is 1.61. The fourth-order valence-corrected chi connectivity index (χ4v) is 5.14. The number of benzene rings is 1. The van der Waals surface area contributed by atoms with E-state index in [0.29, 0.717) is 23.1 Å². The quantitative estimate of drug-likeness (QED) is 0.458. The molecule has 1 aliphatic rings. The molecule has 0 aliphatic heterocycles. The Morgan fingerprint density at radius 2 is 2.15 bits per heavy atom. The van der Waals surface area contributed by atoms with Crippen LogP contribution in [0.5, 0.6) is 11.6 Å². The summed E-state index contributed by atoms with van der Waals surface area (Å²) in [4.78, 5) is 22.9. The van der Waals surface area contributed by atoms with E-state index in [0.717, 1.165) is 34.0 Å². The van der Waals surface area contributed by atoms with Gasteiger partial charge in [-0.25, -0.2) is 14.8 Å². The van der Waals surface area contributed by atoms with Gasteiger partial charge in [0.05, 0.1) is 5.39 Å². The molecule has 0 fully saturated rings. The predicted molar refractivity (Wildman–Crippen MR) is 106 cm³/mol. The van der Waals surface area contributed by atoms with E-state index in [2.05, 4.69) is 16.9 Å². The summed E-state index contributed by atoms with van der Waals surface area (Å²) in [5.74, 6) is 1.87. The number of hydrogen-bond acceptors (Lipinski definition) is 6. The van der Waals surface area contributed by atoms with Crippen LogP contribution in [0.1, 0.15) is 29.3 Å². The van der Waals surface area contributed by atoms with Crippen molar-refractivity contribution in [1.29, 1.82) is 0 Å². The summed E-state index contributed by atoms with van der Waals surface area (Å²) in [6, 6.07) is 7.03. The van der Waals surface area contributed by atoms with Gasteiger partial charge < -0.3 is 9.15 Å². The molecule has 0 amide bonds. The van der Waals surface area contributed by atoms with Crippen molar-refractivity contribution in [3.8, 4) is 11.6 Å². The molecule has 0 radical (unpaired) electrons. The molecule has 0 unspecified atom stereocenters. The lowest BCUT2D eigenvalue weighted by molar-refractivity contribution is 0.464. The first-order valence-electron chi connectivity index (χ1n) is 9.06. The van der Waals surface area contributed by atoms with Gasteiger partial charge in [0.1, 0.15) is 22.5 Å². The van der Waals surface area contributed by atoms with Crippen molar-refractivity contribution in [1.82, 2.24) is 9.97 Å². The fourth-order valence-electron chi connectivity index (χ4n) is 3.80. The van der Waals surface area contributed by atoms with Gasteiger partial charge in [-0.3, -0.25) is 0 Å². The average molecular weight is 378 g/mol. The minimum Gasteiger partial charge on any atom is -0.438 e. The highest BCUT2D eigenvalue weighted by molar-refractivity contribution is 7.18. The van der Waals surface area contributed by atoms with E-state index in [1.807, 2.05) is 19.1 Å². The standard InChI is InChI=1S/C21H18N2O3S/c1-11-3-5-15-17(7-11)27-21-19(15)20(22-10-23-21)25-13-4-6-14-12(2)8-18(24)26-16(14)9-13/h4,6,8-11H,3,5,7H2,1-2H3/t11-/m0/s1. The van der Waals surface area contributed by atoms with E-state index < -0.39 is 0 Å². The molecule has 4 aromatic rings. The molecule has 1 atom stereocenters. The fraction of sp³-hybridized carbons (Fsp3) is 0.286. The second-order valence-electron chi connectivity index (χ2n) is 7.22. The average Bonchev–Trinajstić information content (AvgIpc) is 2.99. The van der Waals surface area contributed by atoms with Crippen LogP contribution in [-0.4, -0.2) is 9.97 Å². The van der Waals surface area contributed by atoms with Crippen LogP contribution in [0.2, 0.25) is 0 Å². The number of aromatic nitrogens is 2. The minimum absolute atomic E-state index is 0.359. The van der Waals surface area contributed by atoms with Gasteiger partial charge in [0.25, 0.3) is 0 Å². The van der Waals surface area contributed by atoms with Crippen LogP contribution in [0.15, 0.2) is 39.8 Å². The monoisotopic (exact) mass is 378 g/mol. The first-order chi connectivity index (χ1) is 13.1. The number of thiophene rings is 1.